The van der Waals surface area contributed by atoms with Crippen LogP contribution < -0.4 is 0 Å². The third kappa shape index (κ3) is 3.15. The summed E-state index contributed by atoms with van der Waals surface area (Å²) in [6.07, 6.45) is 7.10. The zero-order chi connectivity index (χ0) is 17.5. The molecule has 6 heteroatoms. The third-order valence-electron chi connectivity index (χ3n) is 5.51. The summed E-state index contributed by atoms with van der Waals surface area (Å²) < 4.78 is 2.34. The predicted octanol–water partition coefficient (Wildman–Crippen LogP) is 3.95. The lowest BCUT2D eigenvalue weighted by atomic mass is 10.1. The maximum Gasteiger partial charge on any atom is 0.240 e. The van der Waals surface area contributed by atoms with Crippen LogP contribution in [0.4, 0.5) is 0 Å². The molecule has 1 amide bonds. The van der Waals surface area contributed by atoms with Crippen molar-refractivity contribution in [1.29, 1.82) is 0 Å². The number of amides is 1. The van der Waals surface area contributed by atoms with Gasteiger partial charge in [-0.2, -0.15) is 0 Å². The van der Waals surface area contributed by atoms with E-state index in [1.165, 1.54) is 25.7 Å². The van der Waals surface area contributed by atoms with Gasteiger partial charge in [-0.25, -0.2) is 0 Å². The van der Waals surface area contributed by atoms with Gasteiger partial charge in [-0.15, -0.1) is 10.2 Å². The van der Waals surface area contributed by atoms with Crippen molar-refractivity contribution in [3.05, 3.63) is 41.7 Å². The van der Waals surface area contributed by atoms with Crippen LogP contribution in [0.3, 0.4) is 0 Å². The average Bonchev–Trinajstić information content (AvgIpc) is 3.60. The summed E-state index contributed by atoms with van der Waals surface area (Å²) in [5.41, 5.74) is 1.06. The number of hydrogen-bond donors (Lipinski definition) is 0. The van der Waals surface area contributed by atoms with Crippen molar-refractivity contribution in [2.75, 3.05) is 13.1 Å². The first kappa shape index (κ1) is 16.4. The summed E-state index contributed by atoms with van der Waals surface area (Å²) in [4.78, 5) is 15.3. The van der Waals surface area contributed by atoms with Gasteiger partial charge in [-0.1, -0.05) is 42.1 Å². The molecule has 5 nitrogen and oxygen atoms in total. The van der Waals surface area contributed by atoms with Gasteiger partial charge in [0.2, 0.25) is 5.91 Å². The maximum atomic E-state index is 13.2. The summed E-state index contributed by atoms with van der Waals surface area (Å²) in [5, 5.41) is 9.72. The molecule has 2 heterocycles. The number of benzene rings is 1. The van der Waals surface area contributed by atoms with Crippen LogP contribution in [-0.2, 0) is 4.79 Å². The highest BCUT2D eigenvalue weighted by Gasteiger charge is 2.38. The number of aromatic nitrogens is 3. The molecule has 26 heavy (non-hydrogen) atoms. The molecule has 1 aliphatic heterocycles. The fraction of sp³-hybridized carbons (Fsp3) is 0.550. The number of nitrogens with zero attached hydrogens (tertiary/aromatic N) is 4. The minimum absolute atomic E-state index is 0.219. The molecule has 1 atom stereocenters. The zero-order valence-corrected chi connectivity index (χ0v) is 15.7. The minimum Gasteiger partial charge on any atom is -0.341 e. The Balaban J connectivity index is 1.47. The van der Waals surface area contributed by atoms with Crippen LogP contribution in [0.15, 0.2) is 35.5 Å². The first-order valence-electron chi connectivity index (χ1n) is 9.76. The quantitative estimate of drug-likeness (QED) is 0.725. The second kappa shape index (κ2) is 6.72. The van der Waals surface area contributed by atoms with Crippen LogP contribution in [0.2, 0.25) is 0 Å². The number of carbonyl (C=O) groups is 1. The smallest absolute Gasteiger partial charge is 0.240 e. The third-order valence-corrected chi connectivity index (χ3v) is 6.71. The highest BCUT2D eigenvalue weighted by atomic mass is 32.2. The van der Waals surface area contributed by atoms with E-state index in [2.05, 4.69) is 26.9 Å². The van der Waals surface area contributed by atoms with Crippen LogP contribution in [0.1, 0.15) is 67.1 Å². The lowest BCUT2D eigenvalue weighted by Gasteiger charge is -2.23. The zero-order valence-electron chi connectivity index (χ0n) is 14.9. The van der Waals surface area contributed by atoms with Gasteiger partial charge in [0.25, 0.3) is 0 Å². The minimum atomic E-state index is -0.233. The molecule has 1 saturated heterocycles. The van der Waals surface area contributed by atoms with E-state index in [0.29, 0.717) is 12.0 Å². The number of thioether (sulfide) groups is 1. The molecular formula is C20H24N4OS. The fourth-order valence-electron chi connectivity index (χ4n) is 3.76. The summed E-state index contributed by atoms with van der Waals surface area (Å²) in [6.45, 7) is 1.76. The van der Waals surface area contributed by atoms with E-state index in [9.17, 15) is 4.79 Å². The summed E-state index contributed by atoms with van der Waals surface area (Å²) >= 11 is 1.60. The van der Waals surface area contributed by atoms with Gasteiger partial charge in [0.05, 0.1) is 0 Å². The maximum absolute atomic E-state index is 13.2. The molecule has 2 aromatic rings. The topological polar surface area (TPSA) is 51.0 Å². The van der Waals surface area contributed by atoms with E-state index in [4.69, 9.17) is 0 Å². The Morgan fingerprint density at radius 1 is 1.04 bits per heavy atom. The van der Waals surface area contributed by atoms with Gasteiger partial charge in [0.15, 0.2) is 5.16 Å². The van der Waals surface area contributed by atoms with Gasteiger partial charge in [-0.05, 0) is 44.1 Å². The highest BCUT2D eigenvalue weighted by Crippen LogP contribution is 2.48. The molecule has 1 aromatic carbocycles. The van der Waals surface area contributed by atoms with Crippen LogP contribution in [0.5, 0.6) is 0 Å². The lowest BCUT2D eigenvalue weighted by molar-refractivity contribution is -0.129. The van der Waals surface area contributed by atoms with Gasteiger partial charge in [0, 0.05) is 25.0 Å². The second-order valence-electron chi connectivity index (χ2n) is 7.66. The largest absolute Gasteiger partial charge is 0.341 e. The van der Waals surface area contributed by atoms with Crippen LogP contribution in [0, 0.1) is 0 Å². The lowest BCUT2D eigenvalue weighted by Crippen LogP contribution is -2.31. The summed E-state index contributed by atoms with van der Waals surface area (Å²) in [6, 6.07) is 10.7. The molecule has 5 rings (SSSR count). The van der Waals surface area contributed by atoms with Crippen molar-refractivity contribution in [2.24, 2.45) is 0 Å². The molecule has 0 N–H and O–H groups in total. The molecule has 0 bridgehead atoms. The Morgan fingerprint density at radius 2 is 1.77 bits per heavy atom. The predicted molar refractivity (Wildman–Crippen MR) is 101 cm³/mol. The number of likely N-dealkylation sites (tertiary alicyclic amines) is 1. The number of hydrogen-bond acceptors (Lipinski definition) is 4. The standard InChI is InChI=1S/C20H24N4OS/c25-19(23-12-4-5-13-23)17(14-6-2-1-3-7-14)26-20-22-21-18(15-8-9-15)24(20)16-10-11-16/h1-3,6-7,15-17H,4-5,8-13H2/t17-/m0/s1. The van der Waals surface area contributed by atoms with E-state index in [1.807, 2.05) is 23.1 Å². The Hall–Kier alpha value is -1.82. The van der Waals surface area contributed by atoms with Crippen LogP contribution in [0.25, 0.3) is 0 Å². The normalized spacial score (nSPS) is 21.2. The van der Waals surface area contributed by atoms with Crippen molar-refractivity contribution < 1.29 is 4.79 Å². The van der Waals surface area contributed by atoms with Gasteiger partial charge < -0.3 is 9.47 Å². The van der Waals surface area contributed by atoms with E-state index < -0.39 is 0 Å². The first-order valence-corrected chi connectivity index (χ1v) is 10.6. The van der Waals surface area contributed by atoms with Crippen LogP contribution in [-0.4, -0.2) is 38.7 Å². The molecule has 3 aliphatic rings. The van der Waals surface area contributed by atoms with E-state index in [0.717, 1.165) is 42.5 Å². The number of rotatable bonds is 6. The highest BCUT2D eigenvalue weighted by molar-refractivity contribution is 8.00. The Labute approximate surface area is 158 Å². The molecule has 0 spiro atoms. The van der Waals surface area contributed by atoms with Crippen molar-refractivity contribution in [3.63, 3.8) is 0 Å². The van der Waals surface area contributed by atoms with Crippen LogP contribution >= 0.6 is 11.8 Å². The van der Waals surface area contributed by atoms with E-state index >= 15 is 0 Å². The molecule has 136 valence electrons. The Kier molecular flexibility index (Phi) is 4.23. The van der Waals surface area contributed by atoms with Crippen molar-refractivity contribution >= 4 is 17.7 Å². The number of carbonyl (C=O) groups excluding carboxylic acids is 1. The molecule has 0 unspecified atom stereocenters. The summed E-state index contributed by atoms with van der Waals surface area (Å²) in [7, 11) is 0. The summed E-state index contributed by atoms with van der Waals surface area (Å²) in [5.74, 6) is 1.95. The SMILES string of the molecule is O=C([C@@H](Sc1nnc(C2CC2)n1C1CC1)c1ccccc1)N1CCCC1. The molecule has 1 aromatic heterocycles. The monoisotopic (exact) mass is 368 g/mol. The fourth-order valence-corrected chi connectivity index (χ4v) is 4.96. The van der Waals surface area contributed by atoms with E-state index in [-0.39, 0.29) is 11.2 Å². The Bertz CT molecular complexity index is 791. The molecular weight excluding hydrogens is 344 g/mol. The first-order chi connectivity index (χ1) is 12.8. The molecule has 3 fully saturated rings. The van der Waals surface area contributed by atoms with Crippen molar-refractivity contribution in [3.8, 4) is 0 Å². The Morgan fingerprint density at radius 3 is 2.42 bits per heavy atom. The molecule has 2 aliphatic carbocycles. The second-order valence-corrected chi connectivity index (χ2v) is 8.73. The van der Waals surface area contributed by atoms with Crippen molar-refractivity contribution in [1.82, 2.24) is 19.7 Å². The molecule has 0 radical (unpaired) electrons. The molecule has 2 saturated carbocycles. The van der Waals surface area contributed by atoms with Gasteiger partial charge in [-0.3, -0.25) is 4.79 Å². The van der Waals surface area contributed by atoms with Gasteiger partial charge in [0.1, 0.15) is 11.1 Å². The van der Waals surface area contributed by atoms with Gasteiger partial charge >= 0.3 is 0 Å². The average molecular weight is 369 g/mol. The van der Waals surface area contributed by atoms with Crippen molar-refractivity contribution in [2.45, 2.75) is 60.9 Å². The van der Waals surface area contributed by atoms with E-state index in [1.54, 1.807) is 11.8 Å².